The van der Waals surface area contributed by atoms with Gasteiger partial charge >= 0.3 is 0 Å². The van der Waals surface area contributed by atoms with Gasteiger partial charge in [-0.3, -0.25) is 4.90 Å². The Morgan fingerprint density at radius 1 is 1.47 bits per heavy atom. The molecule has 0 aromatic heterocycles. The zero-order chi connectivity index (χ0) is 11.1. The van der Waals surface area contributed by atoms with E-state index in [1.165, 1.54) is 12.8 Å². The standard InChI is InChI=1S/C12H22N2O/c1-11(2)10-15-8-7-14-6-4-3-5-12(14)9-13/h11-12H,3-8,10H2,1-2H3. The number of likely N-dealkylation sites (tertiary alicyclic amines) is 1. The van der Waals surface area contributed by atoms with E-state index < -0.39 is 0 Å². The van der Waals surface area contributed by atoms with Crippen molar-refractivity contribution in [3.63, 3.8) is 0 Å². The summed E-state index contributed by atoms with van der Waals surface area (Å²) in [6.07, 6.45) is 3.45. The third-order valence-electron chi connectivity index (χ3n) is 2.74. The van der Waals surface area contributed by atoms with Gasteiger partial charge in [-0.05, 0) is 31.7 Å². The summed E-state index contributed by atoms with van der Waals surface area (Å²) in [7, 11) is 0. The molecule has 1 aliphatic rings. The molecule has 0 N–H and O–H groups in total. The van der Waals surface area contributed by atoms with Gasteiger partial charge in [0.1, 0.15) is 0 Å². The molecule has 0 amide bonds. The molecule has 86 valence electrons. The molecule has 0 aromatic rings. The predicted octanol–water partition coefficient (Wildman–Crippen LogP) is 2.04. The van der Waals surface area contributed by atoms with Crippen molar-refractivity contribution in [1.82, 2.24) is 4.90 Å². The Bertz CT molecular complexity index is 210. The zero-order valence-corrected chi connectivity index (χ0v) is 9.91. The van der Waals surface area contributed by atoms with Gasteiger partial charge < -0.3 is 4.74 Å². The van der Waals surface area contributed by atoms with Gasteiger partial charge in [-0.2, -0.15) is 5.26 Å². The Morgan fingerprint density at radius 3 is 2.93 bits per heavy atom. The monoisotopic (exact) mass is 210 g/mol. The van der Waals surface area contributed by atoms with E-state index in [0.29, 0.717) is 5.92 Å². The maximum Gasteiger partial charge on any atom is 0.0978 e. The highest BCUT2D eigenvalue weighted by atomic mass is 16.5. The van der Waals surface area contributed by atoms with Crippen LogP contribution in [0.1, 0.15) is 33.1 Å². The first kappa shape index (κ1) is 12.5. The van der Waals surface area contributed by atoms with Gasteiger partial charge in [0.2, 0.25) is 0 Å². The van der Waals surface area contributed by atoms with Crippen LogP contribution in [0.3, 0.4) is 0 Å². The molecule has 0 aromatic carbocycles. The molecule has 1 unspecified atom stereocenters. The summed E-state index contributed by atoms with van der Waals surface area (Å²) in [6.45, 7) is 7.85. The summed E-state index contributed by atoms with van der Waals surface area (Å²) < 4.78 is 5.54. The molecule has 1 rings (SSSR count). The van der Waals surface area contributed by atoms with E-state index in [4.69, 9.17) is 10.00 Å². The van der Waals surface area contributed by atoms with Gasteiger partial charge in [-0.25, -0.2) is 0 Å². The van der Waals surface area contributed by atoms with Crippen LogP contribution in [0, 0.1) is 17.2 Å². The molecule has 0 saturated carbocycles. The molecule has 1 heterocycles. The van der Waals surface area contributed by atoms with E-state index in [2.05, 4.69) is 24.8 Å². The maximum absolute atomic E-state index is 8.97. The minimum Gasteiger partial charge on any atom is -0.380 e. The maximum atomic E-state index is 8.97. The molecule has 3 nitrogen and oxygen atoms in total. The van der Waals surface area contributed by atoms with Gasteiger partial charge in [0, 0.05) is 13.2 Å². The Morgan fingerprint density at radius 2 is 2.27 bits per heavy atom. The summed E-state index contributed by atoms with van der Waals surface area (Å²) in [5, 5.41) is 8.97. The first-order valence-electron chi connectivity index (χ1n) is 5.95. The lowest BCUT2D eigenvalue weighted by molar-refractivity contribution is 0.0705. The van der Waals surface area contributed by atoms with Crippen LogP contribution in [0.15, 0.2) is 0 Å². The molecule has 1 fully saturated rings. The van der Waals surface area contributed by atoms with Gasteiger partial charge in [-0.15, -0.1) is 0 Å². The highest BCUT2D eigenvalue weighted by Gasteiger charge is 2.21. The summed E-state index contributed by atoms with van der Waals surface area (Å²) in [5.74, 6) is 0.595. The molecule has 1 aliphatic heterocycles. The topological polar surface area (TPSA) is 36.3 Å². The van der Waals surface area contributed by atoms with Crippen molar-refractivity contribution in [2.24, 2.45) is 5.92 Å². The summed E-state index contributed by atoms with van der Waals surface area (Å²) in [4.78, 5) is 2.25. The molecule has 15 heavy (non-hydrogen) atoms. The highest BCUT2D eigenvalue weighted by molar-refractivity contribution is 4.93. The fraction of sp³-hybridized carbons (Fsp3) is 0.917. The summed E-state index contributed by atoms with van der Waals surface area (Å²) in [6, 6.07) is 2.50. The van der Waals surface area contributed by atoms with E-state index in [0.717, 1.165) is 32.7 Å². The number of nitrogens with zero attached hydrogens (tertiary/aromatic N) is 2. The average Bonchev–Trinajstić information content (AvgIpc) is 2.24. The molecule has 1 saturated heterocycles. The molecular formula is C12H22N2O. The van der Waals surface area contributed by atoms with Crippen LogP contribution in [-0.2, 0) is 4.74 Å². The molecular weight excluding hydrogens is 188 g/mol. The Balaban J connectivity index is 2.16. The van der Waals surface area contributed by atoms with Crippen molar-refractivity contribution in [2.75, 3.05) is 26.3 Å². The lowest BCUT2D eigenvalue weighted by Crippen LogP contribution is -2.40. The van der Waals surface area contributed by atoms with Gasteiger partial charge in [0.25, 0.3) is 0 Å². The first-order valence-corrected chi connectivity index (χ1v) is 5.95. The number of rotatable bonds is 5. The van der Waals surface area contributed by atoms with Gasteiger partial charge in [-0.1, -0.05) is 13.8 Å². The molecule has 0 bridgehead atoms. The normalized spacial score (nSPS) is 22.9. The van der Waals surface area contributed by atoms with Crippen LogP contribution in [-0.4, -0.2) is 37.2 Å². The third-order valence-corrected chi connectivity index (χ3v) is 2.74. The number of hydrogen-bond donors (Lipinski definition) is 0. The molecule has 3 heteroatoms. The fourth-order valence-electron chi connectivity index (χ4n) is 1.91. The second kappa shape index (κ2) is 6.81. The van der Waals surface area contributed by atoms with Crippen molar-refractivity contribution in [2.45, 2.75) is 39.2 Å². The molecule has 0 spiro atoms. The fourth-order valence-corrected chi connectivity index (χ4v) is 1.91. The van der Waals surface area contributed by atoms with Crippen molar-refractivity contribution in [3.05, 3.63) is 0 Å². The average molecular weight is 210 g/mol. The lowest BCUT2D eigenvalue weighted by Gasteiger charge is -2.31. The van der Waals surface area contributed by atoms with Gasteiger partial charge in [0.15, 0.2) is 0 Å². The van der Waals surface area contributed by atoms with Crippen LogP contribution in [0.25, 0.3) is 0 Å². The van der Waals surface area contributed by atoms with Crippen LogP contribution >= 0.6 is 0 Å². The Hall–Kier alpha value is -0.590. The molecule has 0 aliphatic carbocycles. The highest BCUT2D eigenvalue weighted by Crippen LogP contribution is 2.15. The number of nitriles is 1. The second-order valence-electron chi connectivity index (χ2n) is 4.65. The van der Waals surface area contributed by atoms with Crippen LogP contribution in [0.2, 0.25) is 0 Å². The third kappa shape index (κ3) is 4.63. The van der Waals surface area contributed by atoms with E-state index >= 15 is 0 Å². The van der Waals surface area contributed by atoms with Crippen molar-refractivity contribution in [1.29, 1.82) is 5.26 Å². The molecule has 0 radical (unpaired) electrons. The quantitative estimate of drug-likeness (QED) is 0.651. The minimum atomic E-state index is 0.126. The number of hydrogen-bond acceptors (Lipinski definition) is 3. The van der Waals surface area contributed by atoms with E-state index in [1.807, 2.05) is 0 Å². The summed E-state index contributed by atoms with van der Waals surface area (Å²) in [5.41, 5.74) is 0. The molecule has 1 atom stereocenters. The van der Waals surface area contributed by atoms with Crippen molar-refractivity contribution < 1.29 is 4.74 Å². The van der Waals surface area contributed by atoms with E-state index in [9.17, 15) is 0 Å². The largest absolute Gasteiger partial charge is 0.380 e. The first-order chi connectivity index (χ1) is 7.24. The predicted molar refractivity (Wildman–Crippen MR) is 60.5 cm³/mol. The number of ether oxygens (including phenoxy) is 1. The Labute approximate surface area is 93.0 Å². The van der Waals surface area contributed by atoms with E-state index in [-0.39, 0.29) is 6.04 Å². The summed E-state index contributed by atoms with van der Waals surface area (Å²) >= 11 is 0. The van der Waals surface area contributed by atoms with Gasteiger partial charge in [0.05, 0.1) is 18.7 Å². The smallest absolute Gasteiger partial charge is 0.0978 e. The van der Waals surface area contributed by atoms with Crippen LogP contribution < -0.4 is 0 Å². The van der Waals surface area contributed by atoms with Crippen molar-refractivity contribution in [3.8, 4) is 6.07 Å². The zero-order valence-electron chi connectivity index (χ0n) is 9.91. The minimum absolute atomic E-state index is 0.126. The van der Waals surface area contributed by atoms with E-state index in [1.54, 1.807) is 0 Å². The van der Waals surface area contributed by atoms with Crippen LogP contribution in [0.5, 0.6) is 0 Å². The lowest BCUT2D eigenvalue weighted by atomic mass is 10.0. The second-order valence-corrected chi connectivity index (χ2v) is 4.65. The number of piperidine rings is 1. The Kier molecular flexibility index (Phi) is 5.67. The van der Waals surface area contributed by atoms with Crippen LogP contribution in [0.4, 0.5) is 0 Å². The van der Waals surface area contributed by atoms with Crippen molar-refractivity contribution >= 4 is 0 Å². The SMILES string of the molecule is CC(C)COCCN1CCCCC1C#N.